The maximum atomic E-state index is 12.5. The summed E-state index contributed by atoms with van der Waals surface area (Å²) >= 11 is 0. The zero-order chi connectivity index (χ0) is 14.8. The molecule has 0 radical (unpaired) electrons. The van der Waals surface area contributed by atoms with Gasteiger partial charge in [0.05, 0.1) is 13.2 Å². The minimum Gasteiger partial charge on any atom is -0.495 e. The Bertz CT molecular complexity index is 645. The monoisotopic (exact) mass is 296 g/mol. The third kappa shape index (κ3) is 2.70. The van der Waals surface area contributed by atoms with Crippen molar-refractivity contribution >= 4 is 15.7 Å². The molecule has 7 nitrogen and oxygen atoms in total. The number of anilines is 1. The van der Waals surface area contributed by atoms with Crippen molar-refractivity contribution in [3.8, 4) is 11.8 Å². The van der Waals surface area contributed by atoms with Crippen molar-refractivity contribution in [1.29, 1.82) is 5.26 Å². The van der Waals surface area contributed by atoms with Gasteiger partial charge in [0.2, 0.25) is 10.0 Å². The van der Waals surface area contributed by atoms with Crippen LogP contribution in [-0.4, -0.2) is 34.2 Å². The summed E-state index contributed by atoms with van der Waals surface area (Å²) in [5.41, 5.74) is 4.80. The summed E-state index contributed by atoms with van der Waals surface area (Å²) in [6, 6.07) is 6.38. The number of methoxy groups -OCH3 is 1. The third-order valence-corrected chi connectivity index (χ3v) is 4.73. The number of nitrogens with two attached hydrogens (primary N) is 1. The lowest BCUT2D eigenvalue weighted by Crippen LogP contribution is -2.48. The van der Waals surface area contributed by atoms with E-state index in [9.17, 15) is 13.7 Å². The Hall–Kier alpha value is -1.82. The molecule has 8 heteroatoms. The quantitative estimate of drug-likeness (QED) is 0.663. The predicted molar refractivity (Wildman–Crippen MR) is 73.6 cm³/mol. The predicted octanol–water partition coefficient (Wildman–Crippen LogP) is -0.189. The molecule has 20 heavy (non-hydrogen) atoms. The maximum absolute atomic E-state index is 12.5. The van der Waals surface area contributed by atoms with E-state index in [0.29, 0.717) is 18.7 Å². The van der Waals surface area contributed by atoms with Crippen molar-refractivity contribution in [3.05, 3.63) is 18.2 Å². The molecule has 1 saturated heterocycles. The van der Waals surface area contributed by atoms with Crippen molar-refractivity contribution < 1.29 is 13.2 Å². The standard InChI is InChI=1S/C12H16N4O3S/c1-19-10-3-2-9(14)6-11(10)20(17,18)16-12(7-13)4-5-15-8-12/h2-3,6,15-16H,4-5,8,14H2,1H3/t12-/m0/s1. The number of nitriles is 1. The van der Waals surface area contributed by atoms with Crippen LogP contribution in [0.15, 0.2) is 23.1 Å². The summed E-state index contributed by atoms with van der Waals surface area (Å²) in [6.07, 6.45) is 0.410. The van der Waals surface area contributed by atoms with Gasteiger partial charge in [-0.1, -0.05) is 0 Å². The second-order valence-electron chi connectivity index (χ2n) is 4.64. The summed E-state index contributed by atoms with van der Waals surface area (Å²) < 4.78 is 32.4. The van der Waals surface area contributed by atoms with Crippen molar-refractivity contribution in [2.75, 3.05) is 25.9 Å². The molecule has 1 aliphatic rings. The number of sulfonamides is 1. The van der Waals surface area contributed by atoms with Gasteiger partial charge in [-0.25, -0.2) is 8.42 Å². The largest absolute Gasteiger partial charge is 0.495 e. The molecule has 108 valence electrons. The van der Waals surface area contributed by atoms with E-state index in [1.165, 1.54) is 19.2 Å². The zero-order valence-electron chi connectivity index (χ0n) is 11.0. The molecule has 0 saturated carbocycles. The minimum atomic E-state index is -3.90. The van der Waals surface area contributed by atoms with E-state index in [-0.39, 0.29) is 17.2 Å². The van der Waals surface area contributed by atoms with Crippen LogP contribution in [0.1, 0.15) is 6.42 Å². The fraction of sp³-hybridized carbons (Fsp3) is 0.417. The molecule has 2 rings (SSSR count). The first-order chi connectivity index (χ1) is 9.42. The van der Waals surface area contributed by atoms with E-state index in [1.54, 1.807) is 6.07 Å². The summed E-state index contributed by atoms with van der Waals surface area (Å²) in [5, 5.41) is 12.2. The molecule has 1 atom stereocenters. The van der Waals surface area contributed by atoms with Gasteiger partial charge < -0.3 is 15.8 Å². The second-order valence-corrected chi connectivity index (χ2v) is 6.29. The molecule has 0 spiro atoms. The summed E-state index contributed by atoms with van der Waals surface area (Å²) in [5.74, 6) is 0.186. The molecule has 0 amide bonds. The maximum Gasteiger partial charge on any atom is 0.245 e. The van der Waals surface area contributed by atoms with Crippen LogP contribution >= 0.6 is 0 Å². The van der Waals surface area contributed by atoms with Crippen molar-refractivity contribution in [3.63, 3.8) is 0 Å². The van der Waals surface area contributed by atoms with E-state index in [1.807, 2.05) is 6.07 Å². The van der Waals surface area contributed by atoms with E-state index in [0.717, 1.165) is 0 Å². The average Bonchev–Trinajstić information content (AvgIpc) is 2.87. The molecule has 0 aliphatic carbocycles. The highest BCUT2D eigenvalue weighted by Gasteiger charge is 2.39. The average molecular weight is 296 g/mol. The lowest BCUT2D eigenvalue weighted by molar-refractivity contribution is 0.401. The molecule has 4 N–H and O–H groups in total. The zero-order valence-corrected chi connectivity index (χ0v) is 11.8. The number of benzene rings is 1. The Labute approximate surface area is 117 Å². The molecule has 1 heterocycles. The van der Waals surface area contributed by atoms with Crippen LogP contribution < -0.4 is 20.5 Å². The highest BCUT2D eigenvalue weighted by molar-refractivity contribution is 7.89. The fourth-order valence-corrected chi connectivity index (χ4v) is 3.66. The lowest BCUT2D eigenvalue weighted by Gasteiger charge is -2.21. The lowest BCUT2D eigenvalue weighted by atomic mass is 10.0. The van der Waals surface area contributed by atoms with Crippen LogP contribution in [0.25, 0.3) is 0 Å². The first-order valence-electron chi connectivity index (χ1n) is 6.02. The van der Waals surface area contributed by atoms with E-state index >= 15 is 0 Å². The van der Waals surface area contributed by atoms with Gasteiger partial charge in [-0.2, -0.15) is 9.98 Å². The van der Waals surface area contributed by atoms with Crippen molar-refractivity contribution in [2.24, 2.45) is 0 Å². The highest BCUT2D eigenvalue weighted by atomic mass is 32.2. The first kappa shape index (κ1) is 14.6. The molecule has 0 unspecified atom stereocenters. The Morgan fingerprint density at radius 1 is 1.55 bits per heavy atom. The SMILES string of the molecule is COc1ccc(N)cc1S(=O)(=O)N[C@]1(C#N)CCNC1. The smallest absolute Gasteiger partial charge is 0.245 e. The highest BCUT2D eigenvalue weighted by Crippen LogP contribution is 2.27. The Kier molecular flexibility index (Phi) is 3.85. The number of hydrogen-bond acceptors (Lipinski definition) is 6. The molecule has 1 aromatic carbocycles. The molecular formula is C12H16N4O3S. The summed E-state index contributed by atoms with van der Waals surface area (Å²) in [4.78, 5) is -0.0680. The fourth-order valence-electron chi connectivity index (χ4n) is 2.11. The van der Waals surface area contributed by atoms with Crippen molar-refractivity contribution in [2.45, 2.75) is 16.9 Å². The van der Waals surface area contributed by atoms with Crippen LogP contribution in [0, 0.1) is 11.3 Å². The van der Waals surface area contributed by atoms with Crippen LogP contribution in [0.5, 0.6) is 5.75 Å². The number of nitrogen functional groups attached to an aromatic ring is 1. The molecule has 1 aliphatic heterocycles. The minimum absolute atomic E-state index is 0.0680. The molecule has 0 bridgehead atoms. The first-order valence-corrected chi connectivity index (χ1v) is 7.50. The van der Waals surface area contributed by atoms with Crippen molar-refractivity contribution in [1.82, 2.24) is 10.0 Å². The number of hydrogen-bond donors (Lipinski definition) is 3. The topological polar surface area (TPSA) is 117 Å². The Balaban J connectivity index is 2.41. The normalized spacial score (nSPS) is 22.4. The second kappa shape index (κ2) is 5.28. The molecule has 0 aromatic heterocycles. The van der Waals surface area contributed by atoms with Gasteiger partial charge in [-0.15, -0.1) is 0 Å². The van der Waals surface area contributed by atoms with Gasteiger partial charge in [0.1, 0.15) is 16.2 Å². The van der Waals surface area contributed by atoms with Gasteiger partial charge >= 0.3 is 0 Å². The van der Waals surface area contributed by atoms with E-state index in [4.69, 9.17) is 10.5 Å². The number of nitrogens with zero attached hydrogens (tertiary/aromatic N) is 1. The molecular weight excluding hydrogens is 280 g/mol. The van der Waals surface area contributed by atoms with Gasteiger partial charge in [0.15, 0.2) is 0 Å². The van der Waals surface area contributed by atoms with Crippen LogP contribution in [0.4, 0.5) is 5.69 Å². The number of ether oxygens (including phenoxy) is 1. The molecule has 1 fully saturated rings. The number of nitrogens with one attached hydrogen (secondary N) is 2. The van der Waals surface area contributed by atoms with Gasteiger partial charge in [-0.3, -0.25) is 0 Å². The van der Waals surface area contributed by atoms with Gasteiger partial charge in [-0.05, 0) is 31.2 Å². The van der Waals surface area contributed by atoms with E-state index < -0.39 is 15.6 Å². The van der Waals surface area contributed by atoms with Gasteiger partial charge in [0.25, 0.3) is 0 Å². The molecule has 1 aromatic rings. The van der Waals surface area contributed by atoms with Crippen LogP contribution in [0.2, 0.25) is 0 Å². The van der Waals surface area contributed by atoms with E-state index in [2.05, 4.69) is 10.0 Å². The third-order valence-electron chi connectivity index (χ3n) is 3.18. The number of rotatable bonds is 4. The Morgan fingerprint density at radius 2 is 2.30 bits per heavy atom. The van der Waals surface area contributed by atoms with Crippen LogP contribution in [0.3, 0.4) is 0 Å². The summed E-state index contributed by atoms with van der Waals surface area (Å²) in [7, 11) is -2.52. The van der Waals surface area contributed by atoms with Crippen LogP contribution in [-0.2, 0) is 10.0 Å². The summed E-state index contributed by atoms with van der Waals surface area (Å²) in [6.45, 7) is 0.859. The Morgan fingerprint density at radius 3 is 2.85 bits per heavy atom. The van der Waals surface area contributed by atoms with Gasteiger partial charge in [0, 0.05) is 12.2 Å².